The van der Waals surface area contributed by atoms with Crippen LogP contribution < -0.4 is 5.32 Å². The highest BCUT2D eigenvalue weighted by molar-refractivity contribution is 5.82. The number of nitrogens with zero attached hydrogens (tertiary/aromatic N) is 3. The van der Waals surface area contributed by atoms with Gasteiger partial charge in [-0.15, -0.1) is 0 Å². The number of piperazine rings is 1. The van der Waals surface area contributed by atoms with Gasteiger partial charge in [0, 0.05) is 45.6 Å². The van der Waals surface area contributed by atoms with Crippen molar-refractivity contribution in [1.29, 1.82) is 0 Å². The molecule has 0 radical (unpaired) electrons. The lowest BCUT2D eigenvalue weighted by Crippen LogP contribution is -2.56. The number of aromatic nitrogens is 1. The molecule has 1 aliphatic heterocycles. The Hall–Kier alpha value is -1.46. The highest BCUT2D eigenvalue weighted by Gasteiger charge is 2.25. The van der Waals surface area contributed by atoms with E-state index < -0.39 is 0 Å². The molecule has 0 saturated carbocycles. The van der Waals surface area contributed by atoms with E-state index in [4.69, 9.17) is 0 Å². The summed E-state index contributed by atoms with van der Waals surface area (Å²) in [6.07, 6.45) is 3.50. The van der Waals surface area contributed by atoms with E-state index in [1.165, 1.54) is 0 Å². The second-order valence-electron chi connectivity index (χ2n) is 4.82. The third-order valence-electron chi connectivity index (χ3n) is 3.22. The van der Waals surface area contributed by atoms with E-state index in [0.717, 1.165) is 25.2 Å². The van der Waals surface area contributed by atoms with Gasteiger partial charge in [0.25, 0.3) is 0 Å². The molecular weight excluding hydrogens is 228 g/mol. The number of rotatable bonds is 3. The first-order valence-corrected chi connectivity index (χ1v) is 6.22. The summed E-state index contributed by atoms with van der Waals surface area (Å²) in [5.41, 5.74) is 1.10. The van der Waals surface area contributed by atoms with Crippen LogP contribution in [0.1, 0.15) is 5.56 Å². The topological polar surface area (TPSA) is 48.5 Å². The normalized spacial score (nSPS) is 20.7. The van der Waals surface area contributed by atoms with Gasteiger partial charge in [-0.25, -0.2) is 0 Å². The van der Waals surface area contributed by atoms with Crippen molar-refractivity contribution in [2.75, 3.05) is 33.7 Å². The minimum atomic E-state index is -0.0874. The van der Waals surface area contributed by atoms with Crippen LogP contribution in [0.5, 0.6) is 0 Å². The van der Waals surface area contributed by atoms with Gasteiger partial charge in [-0.05, 0) is 24.7 Å². The third-order valence-corrected chi connectivity index (χ3v) is 3.22. The lowest BCUT2D eigenvalue weighted by Gasteiger charge is -2.32. The molecule has 1 unspecified atom stereocenters. The summed E-state index contributed by atoms with van der Waals surface area (Å²) in [7, 11) is 3.89. The lowest BCUT2D eigenvalue weighted by atomic mass is 10.2. The standard InChI is InChI=1S/C13H20N4O/c1-16-8-7-15-12(10-16)13(18)17(2)9-11-3-5-14-6-4-11/h3-6,12,15H,7-10H2,1-2H3. The van der Waals surface area contributed by atoms with E-state index in [-0.39, 0.29) is 11.9 Å². The van der Waals surface area contributed by atoms with Crippen molar-refractivity contribution in [3.05, 3.63) is 30.1 Å². The molecule has 2 heterocycles. The van der Waals surface area contributed by atoms with Crippen LogP contribution in [-0.2, 0) is 11.3 Å². The quantitative estimate of drug-likeness (QED) is 0.814. The molecule has 1 saturated heterocycles. The van der Waals surface area contributed by atoms with E-state index in [2.05, 4.69) is 15.2 Å². The van der Waals surface area contributed by atoms with Gasteiger partial charge in [0.1, 0.15) is 0 Å². The predicted octanol–water partition coefficient (Wildman–Crippen LogP) is -0.0564. The monoisotopic (exact) mass is 248 g/mol. The summed E-state index contributed by atoms with van der Waals surface area (Å²) < 4.78 is 0. The fraction of sp³-hybridized carbons (Fsp3) is 0.538. The van der Waals surface area contributed by atoms with E-state index in [9.17, 15) is 4.79 Å². The van der Waals surface area contributed by atoms with Crippen LogP contribution in [0.25, 0.3) is 0 Å². The van der Waals surface area contributed by atoms with Crippen LogP contribution in [0, 0.1) is 0 Å². The zero-order valence-corrected chi connectivity index (χ0v) is 11.0. The SMILES string of the molecule is CN1CCNC(C(=O)N(C)Cc2ccncc2)C1. The number of nitrogens with one attached hydrogen (secondary N) is 1. The van der Waals surface area contributed by atoms with Gasteiger partial charge in [-0.3, -0.25) is 9.78 Å². The van der Waals surface area contributed by atoms with Crippen LogP contribution >= 0.6 is 0 Å². The van der Waals surface area contributed by atoms with Gasteiger partial charge in [0.05, 0.1) is 6.04 Å². The molecular formula is C13H20N4O. The van der Waals surface area contributed by atoms with E-state index in [1.54, 1.807) is 17.3 Å². The molecule has 1 aromatic rings. The number of hydrogen-bond donors (Lipinski definition) is 1. The van der Waals surface area contributed by atoms with Crippen LogP contribution in [-0.4, -0.2) is 60.5 Å². The van der Waals surface area contributed by atoms with Crippen LogP contribution in [0.3, 0.4) is 0 Å². The summed E-state index contributed by atoms with van der Waals surface area (Å²) in [6.45, 7) is 3.27. The van der Waals surface area contributed by atoms with Crippen molar-refractivity contribution in [3.63, 3.8) is 0 Å². The number of amides is 1. The summed E-state index contributed by atoms with van der Waals surface area (Å²) in [5, 5.41) is 3.27. The minimum Gasteiger partial charge on any atom is -0.340 e. The maximum atomic E-state index is 12.3. The fourth-order valence-corrected chi connectivity index (χ4v) is 2.17. The van der Waals surface area contributed by atoms with Crippen molar-refractivity contribution >= 4 is 5.91 Å². The van der Waals surface area contributed by atoms with Crippen molar-refractivity contribution in [2.24, 2.45) is 0 Å². The molecule has 5 nitrogen and oxygen atoms in total. The molecule has 0 aromatic carbocycles. The molecule has 5 heteroatoms. The minimum absolute atomic E-state index is 0.0874. The molecule has 0 bridgehead atoms. The van der Waals surface area contributed by atoms with Crippen molar-refractivity contribution in [2.45, 2.75) is 12.6 Å². The Labute approximate surface area is 108 Å². The maximum absolute atomic E-state index is 12.3. The Morgan fingerprint density at radius 3 is 2.94 bits per heavy atom. The zero-order chi connectivity index (χ0) is 13.0. The highest BCUT2D eigenvalue weighted by atomic mass is 16.2. The molecule has 18 heavy (non-hydrogen) atoms. The molecule has 0 spiro atoms. The molecule has 1 amide bonds. The van der Waals surface area contributed by atoms with Gasteiger partial charge in [-0.1, -0.05) is 0 Å². The molecule has 1 aliphatic rings. The summed E-state index contributed by atoms with van der Waals surface area (Å²) in [4.78, 5) is 20.2. The van der Waals surface area contributed by atoms with Crippen molar-refractivity contribution in [1.82, 2.24) is 20.1 Å². The zero-order valence-electron chi connectivity index (χ0n) is 11.0. The fourth-order valence-electron chi connectivity index (χ4n) is 2.17. The van der Waals surface area contributed by atoms with E-state index in [0.29, 0.717) is 6.54 Å². The molecule has 1 atom stereocenters. The molecule has 1 aromatic heterocycles. The third kappa shape index (κ3) is 3.27. The summed E-state index contributed by atoms with van der Waals surface area (Å²) >= 11 is 0. The largest absolute Gasteiger partial charge is 0.340 e. The molecule has 2 rings (SSSR count). The maximum Gasteiger partial charge on any atom is 0.241 e. The van der Waals surface area contributed by atoms with Gasteiger partial charge in [-0.2, -0.15) is 0 Å². The predicted molar refractivity (Wildman–Crippen MR) is 70.0 cm³/mol. The number of pyridine rings is 1. The number of carbonyl (C=O) groups excluding carboxylic acids is 1. The molecule has 1 fully saturated rings. The second-order valence-corrected chi connectivity index (χ2v) is 4.82. The first-order valence-electron chi connectivity index (χ1n) is 6.22. The number of carbonyl (C=O) groups is 1. The van der Waals surface area contributed by atoms with E-state index >= 15 is 0 Å². The first kappa shape index (κ1) is 13.0. The van der Waals surface area contributed by atoms with Gasteiger partial charge in [0.2, 0.25) is 5.91 Å². The smallest absolute Gasteiger partial charge is 0.241 e. The molecule has 1 N–H and O–H groups in total. The average molecular weight is 248 g/mol. The Kier molecular flexibility index (Phi) is 4.28. The Bertz CT molecular complexity index is 395. The number of hydrogen-bond acceptors (Lipinski definition) is 4. The lowest BCUT2D eigenvalue weighted by molar-refractivity contribution is -0.133. The Morgan fingerprint density at radius 2 is 2.28 bits per heavy atom. The summed E-state index contributed by atoms with van der Waals surface area (Å²) in [5.74, 6) is 0.151. The average Bonchev–Trinajstić information content (AvgIpc) is 2.39. The highest BCUT2D eigenvalue weighted by Crippen LogP contribution is 2.05. The number of likely N-dealkylation sites (N-methyl/N-ethyl adjacent to an activating group) is 2. The van der Waals surface area contributed by atoms with Gasteiger partial charge < -0.3 is 15.1 Å². The van der Waals surface area contributed by atoms with Gasteiger partial charge in [0.15, 0.2) is 0 Å². The first-order chi connectivity index (χ1) is 8.66. The van der Waals surface area contributed by atoms with Crippen LogP contribution in [0.2, 0.25) is 0 Å². The molecule has 98 valence electrons. The van der Waals surface area contributed by atoms with Crippen molar-refractivity contribution in [3.8, 4) is 0 Å². The van der Waals surface area contributed by atoms with E-state index in [1.807, 2.05) is 26.2 Å². The Balaban J connectivity index is 1.92. The van der Waals surface area contributed by atoms with Gasteiger partial charge >= 0.3 is 0 Å². The second kappa shape index (κ2) is 5.93. The van der Waals surface area contributed by atoms with Crippen LogP contribution in [0.4, 0.5) is 0 Å². The molecule has 0 aliphatic carbocycles. The summed E-state index contributed by atoms with van der Waals surface area (Å²) in [6, 6.07) is 3.78. The van der Waals surface area contributed by atoms with Crippen molar-refractivity contribution < 1.29 is 4.79 Å². The van der Waals surface area contributed by atoms with Crippen LogP contribution in [0.15, 0.2) is 24.5 Å². The Morgan fingerprint density at radius 1 is 1.56 bits per heavy atom.